The number of likely N-dealkylation sites (tertiary alicyclic amines) is 1. The predicted octanol–water partition coefficient (Wildman–Crippen LogP) is 4.23. The molecule has 2 saturated heterocycles. The molecule has 2 aliphatic rings. The summed E-state index contributed by atoms with van der Waals surface area (Å²) in [5.41, 5.74) is 1.05. The topological polar surface area (TPSA) is 72.9 Å². The summed E-state index contributed by atoms with van der Waals surface area (Å²) in [7, 11) is 0. The first-order valence-corrected chi connectivity index (χ1v) is 10.9. The highest BCUT2D eigenvalue weighted by Crippen LogP contribution is 2.29. The molecule has 0 saturated carbocycles. The van der Waals surface area contributed by atoms with Crippen LogP contribution in [0.2, 0.25) is 0 Å². The predicted molar refractivity (Wildman–Crippen MR) is 118 cm³/mol. The van der Waals surface area contributed by atoms with Gasteiger partial charge in [-0.05, 0) is 69.1 Å². The molecular weight excluding hydrogens is 397 g/mol. The third kappa shape index (κ3) is 4.88. The minimum Gasteiger partial charge on any atom is -0.478 e. The molecule has 4 rings (SSSR count). The molecule has 0 atom stereocenters. The Morgan fingerprint density at radius 1 is 0.935 bits per heavy atom. The monoisotopic (exact) mass is 425 g/mol. The van der Waals surface area contributed by atoms with Gasteiger partial charge in [-0.25, -0.2) is 9.18 Å². The smallest absolute Gasteiger partial charge is 0.337 e. The van der Waals surface area contributed by atoms with Crippen molar-refractivity contribution in [3.8, 4) is 0 Å². The number of carbonyl (C=O) groups excluding carboxylic acids is 1. The lowest BCUT2D eigenvalue weighted by Crippen LogP contribution is -2.47. The molecule has 2 aliphatic heterocycles. The van der Waals surface area contributed by atoms with Gasteiger partial charge in [0.05, 0.1) is 16.8 Å². The van der Waals surface area contributed by atoms with Crippen molar-refractivity contribution in [2.45, 2.75) is 38.1 Å². The maximum Gasteiger partial charge on any atom is 0.337 e. The number of piperidine rings is 2. The summed E-state index contributed by atoms with van der Waals surface area (Å²) < 4.78 is 13.9. The van der Waals surface area contributed by atoms with Crippen molar-refractivity contribution in [3.63, 3.8) is 0 Å². The highest BCUT2D eigenvalue weighted by Gasteiger charge is 2.27. The summed E-state index contributed by atoms with van der Waals surface area (Å²) in [6.45, 7) is 3.95. The van der Waals surface area contributed by atoms with Crippen LogP contribution in [0.1, 0.15) is 52.8 Å². The van der Waals surface area contributed by atoms with Crippen molar-refractivity contribution in [2.75, 3.05) is 36.4 Å². The van der Waals surface area contributed by atoms with Gasteiger partial charge in [0.15, 0.2) is 0 Å². The largest absolute Gasteiger partial charge is 0.478 e. The van der Waals surface area contributed by atoms with E-state index in [9.17, 15) is 19.1 Å². The molecule has 0 radical (unpaired) electrons. The molecule has 7 heteroatoms. The molecule has 1 amide bonds. The number of halogens is 1. The van der Waals surface area contributed by atoms with E-state index in [1.165, 1.54) is 56.6 Å². The van der Waals surface area contributed by atoms with Crippen LogP contribution in [0.4, 0.5) is 15.8 Å². The van der Waals surface area contributed by atoms with Crippen LogP contribution < -0.4 is 10.2 Å². The first kappa shape index (κ1) is 21.3. The Bertz CT molecular complexity index is 951. The number of hydrogen-bond donors (Lipinski definition) is 2. The molecule has 31 heavy (non-hydrogen) atoms. The molecule has 2 fully saturated rings. The standard InChI is InChI=1S/C24H28FN3O3/c25-21-7-3-2-6-19(21)23(29)26-17-8-9-22(20(16-17)24(30)31)28-14-10-18(11-15-28)27-12-4-1-5-13-27/h2-3,6-9,16,18H,1,4-5,10-15H2,(H,26,29)(H,30,31). The fraction of sp³-hybridized carbons (Fsp3) is 0.417. The third-order valence-corrected chi connectivity index (χ3v) is 6.32. The highest BCUT2D eigenvalue weighted by molar-refractivity contribution is 6.05. The van der Waals surface area contributed by atoms with Crippen molar-refractivity contribution in [2.24, 2.45) is 0 Å². The van der Waals surface area contributed by atoms with Gasteiger partial charge in [0, 0.05) is 24.8 Å². The van der Waals surface area contributed by atoms with Crippen LogP contribution in [0.15, 0.2) is 42.5 Å². The lowest BCUT2D eigenvalue weighted by Gasteiger charge is -2.41. The number of nitrogens with one attached hydrogen (secondary N) is 1. The van der Waals surface area contributed by atoms with E-state index in [0.717, 1.165) is 25.9 Å². The fourth-order valence-corrected chi connectivity index (χ4v) is 4.66. The Hall–Kier alpha value is -2.93. The second-order valence-electron chi connectivity index (χ2n) is 8.29. The average molecular weight is 426 g/mol. The van der Waals surface area contributed by atoms with E-state index in [4.69, 9.17) is 0 Å². The number of nitrogens with zero attached hydrogens (tertiary/aromatic N) is 2. The molecule has 0 unspecified atom stereocenters. The summed E-state index contributed by atoms with van der Waals surface area (Å²) >= 11 is 0. The summed E-state index contributed by atoms with van der Waals surface area (Å²) in [6, 6.07) is 11.1. The quantitative estimate of drug-likeness (QED) is 0.750. The molecule has 0 aromatic heterocycles. The van der Waals surface area contributed by atoms with E-state index in [0.29, 0.717) is 17.4 Å². The zero-order valence-corrected chi connectivity index (χ0v) is 17.5. The van der Waals surface area contributed by atoms with E-state index >= 15 is 0 Å². The molecule has 0 aliphatic carbocycles. The first-order valence-electron chi connectivity index (χ1n) is 10.9. The Labute approximate surface area is 181 Å². The molecular formula is C24H28FN3O3. The normalized spacial score (nSPS) is 18.0. The van der Waals surface area contributed by atoms with E-state index in [1.54, 1.807) is 18.2 Å². The minimum absolute atomic E-state index is 0.0803. The SMILES string of the molecule is O=C(Nc1ccc(N2CCC(N3CCCCC3)CC2)c(C(=O)O)c1)c1ccccc1F. The zero-order chi connectivity index (χ0) is 21.8. The molecule has 2 aromatic rings. The highest BCUT2D eigenvalue weighted by atomic mass is 19.1. The average Bonchev–Trinajstić information content (AvgIpc) is 2.80. The maximum absolute atomic E-state index is 13.9. The van der Waals surface area contributed by atoms with Crippen molar-refractivity contribution < 1.29 is 19.1 Å². The van der Waals surface area contributed by atoms with Crippen LogP contribution in [0.3, 0.4) is 0 Å². The van der Waals surface area contributed by atoms with Crippen molar-refractivity contribution in [1.29, 1.82) is 0 Å². The van der Waals surface area contributed by atoms with Gasteiger partial charge >= 0.3 is 5.97 Å². The zero-order valence-electron chi connectivity index (χ0n) is 17.5. The number of rotatable bonds is 5. The molecule has 2 aromatic carbocycles. The number of aromatic carboxylic acids is 1. The summed E-state index contributed by atoms with van der Waals surface area (Å²) in [5.74, 6) is -2.27. The van der Waals surface area contributed by atoms with Gasteiger partial charge in [0.2, 0.25) is 0 Å². The van der Waals surface area contributed by atoms with Gasteiger partial charge in [-0.1, -0.05) is 18.6 Å². The lowest BCUT2D eigenvalue weighted by atomic mass is 9.98. The third-order valence-electron chi connectivity index (χ3n) is 6.32. The number of anilines is 2. The second kappa shape index (κ2) is 9.47. The van der Waals surface area contributed by atoms with Crippen LogP contribution in [-0.2, 0) is 0 Å². The van der Waals surface area contributed by atoms with Gasteiger partial charge in [0.25, 0.3) is 5.91 Å². The molecule has 2 N–H and O–H groups in total. The molecule has 6 nitrogen and oxygen atoms in total. The Morgan fingerprint density at radius 2 is 1.65 bits per heavy atom. The number of hydrogen-bond acceptors (Lipinski definition) is 4. The number of carbonyl (C=O) groups is 2. The van der Waals surface area contributed by atoms with Crippen molar-refractivity contribution >= 4 is 23.3 Å². The van der Waals surface area contributed by atoms with Gasteiger partial charge in [0.1, 0.15) is 5.82 Å². The molecule has 0 bridgehead atoms. The summed E-state index contributed by atoms with van der Waals surface area (Å²) in [4.78, 5) is 29.0. The van der Waals surface area contributed by atoms with Crippen molar-refractivity contribution in [1.82, 2.24) is 4.90 Å². The van der Waals surface area contributed by atoms with Crippen LogP contribution in [-0.4, -0.2) is 54.1 Å². The number of amides is 1. The van der Waals surface area contributed by atoms with Crippen LogP contribution >= 0.6 is 0 Å². The van der Waals surface area contributed by atoms with Crippen LogP contribution in [0.25, 0.3) is 0 Å². The van der Waals surface area contributed by atoms with E-state index in [1.807, 2.05) is 0 Å². The molecule has 164 valence electrons. The Morgan fingerprint density at radius 3 is 2.32 bits per heavy atom. The molecule has 2 heterocycles. The number of benzene rings is 2. The summed E-state index contributed by atoms with van der Waals surface area (Å²) in [6.07, 6.45) is 5.89. The minimum atomic E-state index is -1.05. The lowest BCUT2D eigenvalue weighted by molar-refractivity contribution is 0.0697. The van der Waals surface area contributed by atoms with Gasteiger partial charge in [-0.2, -0.15) is 0 Å². The molecule has 0 spiro atoms. The summed E-state index contributed by atoms with van der Waals surface area (Å²) in [5, 5.41) is 12.4. The second-order valence-corrected chi connectivity index (χ2v) is 8.29. The van der Waals surface area contributed by atoms with Crippen LogP contribution in [0, 0.1) is 5.82 Å². The van der Waals surface area contributed by atoms with Gasteiger partial charge < -0.3 is 20.2 Å². The Balaban J connectivity index is 1.46. The van der Waals surface area contributed by atoms with E-state index in [-0.39, 0.29) is 11.1 Å². The van der Waals surface area contributed by atoms with Crippen molar-refractivity contribution in [3.05, 3.63) is 59.4 Å². The first-order chi connectivity index (χ1) is 15.0. The Kier molecular flexibility index (Phi) is 6.51. The van der Waals surface area contributed by atoms with Crippen LogP contribution in [0.5, 0.6) is 0 Å². The maximum atomic E-state index is 13.9. The van der Waals surface area contributed by atoms with E-state index in [2.05, 4.69) is 15.1 Å². The number of carboxylic acid groups (broad SMARTS) is 1. The van der Waals surface area contributed by atoms with Gasteiger partial charge in [-0.3, -0.25) is 4.79 Å². The fourth-order valence-electron chi connectivity index (χ4n) is 4.66. The number of carboxylic acids is 1. The van der Waals surface area contributed by atoms with Gasteiger partial charge in [-0.15, -0.1) is 0 Å². The van der Waals surface area contributed by atoms with E-state index < -0.39 is 17.7 Å².